The van der Waals surface area contributed by atoms with Crippen molar-refractivity contribution < 1.29 is 17.9 Å². The zero-order valence-corrected chi connectivity index (χ0v) is 14.8. The summed E-state index contributed by atoms with van der Waals surface area (Å²) in [6.45, 7) is 0.768. The lowest BCUT2D eigenvalue weighted by molar-refractivity contribution is 0.172. The van der Waals surface area contributed by atoms with Gasteiger partial charge in [-0.3, -0.25) is 13.5 Å². The molecule has 0 saturated carbocycles. The highest BCUT2D eigenvalue weighted by Gasteiger charge is 2.22. The van der Waals surface area contributed by atoms with Crippen LogP contribution in [0.25, 0.3) is 10.9 Å². The number of sulfonamides is 1. The Kier molecular flexibility index (Phi) is 3.69. The molecule has 1 aromatic heterocycles. The maximum absolute atomic E-state index is 12.7. The molecule has 0 spiro atoms. The summed E-state index contributed by atoms with van der Waals surface area (Å²) < 4.78 is 40.5. The second-order valence-corrected chi connectivity index (χ2v) is 8.27. The zero-order valence-electron chi connectivity index (χ0n) is 13.2. The van der Waals surface area contributed by atoms with E-state index in [4.69, 9.17) is 9.47 Å². The van der Waals surface area contributed by atoms with Gasteiger partial charge in [0.15, 0.2) is 11.5 Å². The van der Waals surface area contributed by atoms with E-state index in [1.54, 1.807) is 35.3 Å². The highest BCUT2D eigenvalue weighted by Crippen LogP contribution is 2.38. The predicted molar refractivity (Wildman–Crippen MR) is 95.3 cm³/mol. The van der Waals surface area contributed by atoms with Gasteiger partial charge in [0.05, 0.1) is 21.5 Å². The van der Waals surface area contributed by atoms with E-state index in [-0.39, 0.29) is 9.64 Å². The number of nitrogens with one attached hydrogen (secondary N) is 1. The quantitative estimate of drug-likeness (QED) is 0.755. The van der Waals surface area contributed by atoms with Crippen LogP contribution in [0.1, 0.15) is 0 Å². The lowest BCUT2D eigenvalue weighted by Gasteiger charge is -2.21. The van der Waals surface area contributed by atoms with Crippen LogP contribution in [-0.4, -0.2) is 25.6 Å². The van der Waals surface area contributed by atoms with Crippen LogP contribution in [0, 0.1) is 0 Å². The predicted octanol–water partition coefficient (Wildman–Crippen LogP) is 2.17. The van der Waals surface area contributed by atoms with Gasteiger partial charge in [-0.1, -0.05) is 6.07 Å². The normalized spacial score (nSPS) is 13.8. The fraction of sp³-hybridized carbons (Fsp3) is 0.188. The van der Waals surface area contributed by atoms with E-state index in [0.717, 1.165) is 11.5 Å². The molecule has 4 rings (SSSR count). The summed E-state index contributed by atoms with van der Waals surface area (Å²) in [6, 6.07) is 9.50. The summed E-state index contributed by atoms with van der Waals surface area (Å²) in [4.78, 5) is 12.0. The number of anilines is 1. The molecule has 0 aliphatic carbocycles. The average molecular weight is 378 g/mol. The Bertz CT molecular complexity index is 1130. The average Bonchev–Trinajstić information content (AvgIpc) is 2.89. The van der Waals surface area contributed by atoms with E-state index in [2.05, 4.69) is 4.72 Å². The molecule has 25 heavy (non-hydrogen) atoms. The van der Waals surface area contributed by atoms with Crippen LogP contribution in [0.2, 0.25) is 0 Å². The lowest BCUT2D eigenvalue weighted by Crippen LogP contribution is -2.19. The maximum atomic E-state index is 12.7. The summed E-state index contributed by atoms with van der Waals surface area (Å²) >= 11 is 1.03. The molecule has 0 amide bonds. The Morgan fingerprint density at radius 3 is 2.80 bits per heavy atom. The van der Waals surface area contributed by atoms with E-state index in [9.17, 15) is 13.2 Å². The molecular formula is C16H14N2O5S2. The fourth-order valence-electron chi connectivity index (χ4n) is 2.70. The van der Waals surface area contributed by atoms with E-state index >= 15 is 0 Å². The molecule has 0 bridgehead atoms. The Morgan fingerprint density at radius 1 is 1.16 bits per heavy atom. The highest BCUT2D eigenvalue weighted by atomic mass is 32.2. The molecule has 0 unspecified atom stereocenters. The summed E-state index contributed by atoms with van der Waals surface area (Å²) in [5.74, 6) is 0.860. The van der Waals surface area contributed by atoms with Gasteiger partial charge in [-0.25, -0.2) is 8.42 Å². The minimum atomic E-state index is -3.87. The van der Waals surface area contributed by atoms with E-state index in [1.165, 1.54) is 12.1 Å². The molecule has 0 atom stereocenters. The Hall–Kier alpha value is -2.52. The van der Waals surface area contributed by atoms with Gasteiger partial charge < -0.3 is 9.47 Å². The molecule has 2 heterocycles. The first-order chi connectivity index (χ1) is 12.0. The number of fused-ring (bicyclic) bond motifs is 2. The number of aryl methyl sites for hydroxylation is 1. The molecule has 130 valence electrons. The van der Waals surface area contributed by atoms with Gasteiger partial charge in [0.2, 0.25) is 0 Å². The van der Waals surface area contributed by atoms with Gasteiger partial charge in [-0.15, -0.1) is 0 Å². The first-order valence-electron chi connectivity index (χ1n) is 7.47. The third-order valence-corrected chi connectivity index (χ3v) is 6.09. The van der Waals surface area contributed by atoms with Gasteiger partial charge in [-0.2, -0.15) is 0 Å². The van der Waals surface area contributed by atoms with E-state index in [1.807, 2.05) is 0 Å². The van der Waals surface area contributed by atoms with Gasteiger partial charge in [-0.05, 0) is 41.9 Å². The van der Waals surface area contributed by atoms with Crippen molar-refractivity contribution in [1.29, 1.82) is 0 Å². The smallest absolute Gasteiger partial charge is 0.262 e. The number of hydrogen-bond donors (Lipinski definition) is 1. The molecule has 3 aromatic rings. The third kappa shape index (κ3) is 2.75. The molecule has 0 saturated heterocycles. The Labute approximate surface area is 147 Å². The van der Waals surface area contributed by atoms with Crippen molar-refractivity contribution in [2.45, 2.75) is 4.90 Å². The molecule has 0 radical (unpaired) electrons. The van der Waals surface area contributed by atoms with Crippen molar-refractivity contribution in [1.82, 2.24) is 3.96 Å². The second-order valence-electron chi connectivity index (χ2n) is 5.49. The highest BCUT2D eigenvalue weighted by molar-refractivity contribution is 7.92. The third-order valence-electron chi connectivity index (χ3n) is 3.87. The van der Waals surface area contributed by atoms with Gasteiger partial charge in [0.1, 0.15) is 13.2 Å². The number of ether oxygens (including phenoxy) is 2. The topological polar surface area (TPSA) is 86.6 Å². The first kappa shape index (κ1) is 16.0. The van der Waals surface area contributed by atoms with Crippen LogP contribution < -0.4 is 18.9 Å². The lowest BCUT2D eigenvalue weighted by atomic mass is 10.2. The molecule has 9 heteroatoms. The van der Waals surface area contributed by atoms with Crippen LogP contribution >= 0.6 is 11.5 Å². The van der Waals surface area contributed by atoms with Crippen molar-refractivity contribution in [3.8, 4) is 11.5 Å². The minimum absolute atomic E-state index is 0.0184. The molecule has 1 aliphatic heterocycles. The standard InChI is InChI=1S/C16H14N2O5S2/c1-18-13-6-5-10(9-11(13)16(19)24-18)25(20,21)17-12-3-2-4-14-15(12)23-8-7-22-14/h2-6,9,17H,7-8H2,1H3. The van der Waals surface area contributed by atoms with Crippen LogP contribution in [-0.2, 0) is 17.1 Å². The first-order valence-corrected chi connectivity index (χ1v) is 9.73. The summed E-state index contributed by atoms with van der Waals surface area (Å²) in [5, 5.41) is 0.380. The second kappa shape index (κ2) is 5.78. The van der Waals surface area contributed by atoms with Crippen LogP contribution in [0.4, 0.5) is 5.69 Å². The van der Waals surface area contributed by atoms with Crippen molar-refractivity contribution in [2.75, 3.05) is 17.9 Å². The monoisotopic (exact) mass is 378 g/mol. The van der Waals surface area contributed by atoms with Crippen LogP contribution in [0.3, 0.4) is 0 Å². The molecule has 1 N–H and O–H groups in total. The summed E-state index contributed by atoms with van der Waals surface area (Å²) in [5.41, 5.74) is 0.998. The number of para-hydroxylation sites is 1. The Balaban J connectivity index is 1.76. The molecule has 0 fully saturated rings. The zero-order chi connectivity index (χ0) is 17.6. The molecule has 7 nitrogen and oxygen atoms in total. The number of hydrogen-bond acceptors (Lipinski definition) is 6. The van der Waals surface area contributed by atoms with Crippen LogP contribution in [0.15, 0.2) is 46.1 Å². The van der Waals surface area contributed by atoms with Crippen molar-refractivity contribution in [2.24, 2.45) is 7.05 Å². The van der Waals surface area contributed by atoms with Crippen molar-refractivity contribution in [3.05, 3.63) is 45.9 Å². The Morgan fingerprint density at radius 2 is 1.96 bits per heavy atom. The maximum Gasteiger partial charge on any atom is 0.262 e. The summed E-state index contributed by atoms with van der Waals surface area (Å²) in [6.07, 6.45) is 0. The fourth-order valence-corrected chi connectivity index (χ4v) is 4.56. The van der Waals surface area contributed by atoms with Crippen molar-refractivity contribution in [3.63, 3.8) is 0 Å². The minimum Gasteiger partial charge on any atom is -0.486 e. The van der Waals surface area contributed by atoms with Crippen molar-refractivity contribution >= 4 is 38.1 Å². The number of benzene rings is 2. The number of aromatic nitrogens is 1. The summed E-state index contributed by atoms with van der Waals surface area (Å²) in [7, 11) is -2.12. The number of nitrogens with zero attached hydrogens (tertiary/aromatic N) is 1. The number of rotatable bonds is 3. The largest absolute Gasteiger partial charge is 0.486 e. The van der Waals surface area contributed by atoms with Crippen LogP contribution in [0.5, 0.6) is 11.5 Å². The van der Waals surface area contributed by atoms with Gasteiger partial charge in [0.25, 0.3) is 14.8 Å². The molecular weight excluding hydrogens is 364 g/mol. The SMILES string of the molecule is Cn1sc(=O)c2cc(S(=O)(=O)Nc3cccc4c3OCCO4)ccc21. The molecule has 1 aliphatic rings. The van der Waals surface area contributed by atoms with Gasteiger partial charge in [0, 0.05) is 7.05 Å². The molecule has 2 aromatic carbocycles. The van der Waals surface area contributed by atoms with E-state index in [0.29, 0.717) is 41.3 Å². The van der Waals surface area contributed by atoms with Gasteiger partial charge >= 0.3 is 0 Å². The van der Waals surface area contributed by atoms with E-state index < -0.39 is 10.0 Å².